The minimum absolute atomic E-state index is 0.528. The van der Waals surface area contributed by atoms with Crippen molar-refractivity contribution in [3.05, 3.63) is 29.0 Å². The first kappa shape index (κ1) is 10.3. The number of aromatic nitrogens is 4. The van der Waals surface area contributed by atoms with Crippen LogP contribution in [0.3, 0.4) is 0 Å². The molecule has 0 aliphatic carbocycles. The van der Waals surface area contributed by atoms with E-state index in [0.717, 1.165) is 17.0 Å². The zero-order valence-electron chi connectivity index (χ0n) is 8.37. The summed E-state index contributed by atoms with van der Waals surface area (Å²) in [5, 5.41) is 17.7. The van der Waals surface area contributed by atoms with E-state index in [1.807, 2.05) is 17.8 Å². The zero-order valence-corrected chi connectivity index (χ0v) is 9.18. The number of nitrogens with zero attached hydrogens (tertiary/aromatic N) is 4. The molecule has 15 heavy (non-hydrogen) atoms. The maximum absolute atomic E-state index is 9.84. The minimum Gasteiger partial charge on any atom is -0.387 e. The SMILES string of the molecule is CCn1cc(CC(O)c2cnns2)cn1. The quantitative estimate of drug-likeness (QED) is 0.842. The van der Waals surface area contributed by atoms with Crippen molar-refractivity contribution in [2.24, 2.45) is 0 Å². The standard InChI is InChI=1S/C9H12N4OS/c1-2-13-6-7(4-11-13)3-8(14)9-5-10-12-15-9/h4-6,8,14H,2-3H2,1H3. The molecule has 2 aromatic heterocycles. The van der Waals surface area contributed by atoms with Crippen LogP contribution in [0.4, 0.5) is 0 Å². The second-order valence-corrected chi connectivity index (χ2v) is 4.06. The molecule has 2 aromatic rings. The lowest BCUT2D eigenvalue weighted by atomic mass is 10.1. The summed E-state index contributed by atoms with van der Waals surface area (Å²) < 4.78 is 5.56. The fourth-order valence-electron chi connectivity index (χ4n) is 1.33. The first-order chi connectivity index (χ1) is 7.29. The van der Waals surface area contributed by atoms with E-state index in [4.69, 9.17) is 0 Å². The second kappa shape index (κ2) is 4.50. The Balaban J connectivity index is 2.02. The first-order valence-corrected chi connectivity index (χ1v) is 5.53. The van der Waals surface area contributed by atoms with E-state index in [-0.39, 0.29) is 0 Å². The van der Waals surface area contributed by atoms with Crippen molar-refractivity contribution in [1.29, 1.82) is 0 Å². The van der Waals surface area contributed by atoms with Crippen molar-refractivity contribution >= 4 is 11.5 Å². The maximum atomic E-state index is 9.84. The van der Waals surface area contributed by atoms with Crippen LogP contribution in [-0.4, -0.2) is 24.5 Å². The summed E-state index contributed by atoms with van der Waals surface area (Å²) in [6.07, 6.45) is 5.35. The topological polar surface area (TPSA) is 63.8 Å². The number of aliphatic hydroxyl groups is 1. The van der Waals surface area contributed by atoms with Gasteiger partial charge in [0.05, 0.1) is 23.4 Å². The summed E-state index contributed by atoms with van der Waals surface area (Å²) in [6.45, 7) is 2.87. The van der Waals surface area contributed by atoms with Gasteiger partial charge in [-0.25, -0.2) is 0 Å². The van der Waals surface area contributed by atoms with E-state index in [0.29, 0.717) is 6.42 Å². The van der Waals surface area contributed by atoms with Crippen LogP contribution in [0.1, 0.15) is 23.5 Å². The van der Waals surface area contributed by atoms with Crippen molar-refractivity contribution in [2.45, 2.75) is 26.0 Å². The molecule has 0 radical (unpaired) electrons. The molecule has 1 N–H and O–H groups in total. The van der Waals surface area contributed by atoms with Crippen LogP contribution in [0.2, 0.25) is 0 Å². The number of hydrogen-bond donors (Lipinski definition) is 1. The van der Waals surface area contributed by atoms with Crippen LogP contribution in [0.25, 0.3) is 0 Å². The molecule has 0 spiro atoms. The summed E-state index contributed by atoms with van der Waals surface area (Å²) in [6, 6.07) is 0. The molecule has 0 saturated heterocycles. The van der Waals surface area contributed by atoms with Crippen LogP contribution in [0, 0.1) is 0 Å². The molecule has 2 heterocycles. The third kappa shape index (κ3) is 2.40. The molecule has 0 saturated carbocycles. The third-order valence-electron chi connectivity index (χ3n) is 2.15. The van der Waals surface area contributed by atoms with E-state index in [9.17, 15) is 5.11 Å². The summed E-state index contributed by atoms with van der Waals surface area (Å²) in [7, 11) is 0. The fraction of sp³-hybridized carbons (Fsp3) is 0.444. The predicted octanol–water partition coefficient (Wildman–Crippen LogP) is 1.03. The molecule has 5 nitrogen and oxygen atoms in total. The van der Waals surface area contributed by atoms with E-state index < -0.39 is 6.10 Å². The summed E-state index contributed by atoms with van der Waals surface area (Å²) in [5.41, 5.74) is 1.03. The first-order valence-electron chi connectivity index (χ1n) is 4.76. The normalized spacial score (nSPS) is 12.9. The van der Waals surface area contributed by atoms with Crippen molar-refractivity contribution in [2.75, 3.05) is 0 Å². The van der Waals surface area contributed by atoms with E-state index in [1.54, 1.807) is 12.4 Å². The van der Waals surface area contributed by atoms with E-state index in [1.165, 1.54) is 11.5 Å². The molecule has 0 aliphatic heterocycles. The Morgan fingerprint density at radius 3 is 3.00 bits per heavy atom. The molecule has 6 heteroatoms. The lowest BCUT2D eigenvalue weighted by molar-refractivity contribution is 0.182. The van der Waals surface area contributed by atoms with Crippen LogP contribution in [0.15, 0.2) is 18.6 Å². The maximum Gasteiger partial charge on any atom is 0.0955 e. The molecule has 2 rings (SSSR count). The van der Waals surface area contributed by atoms with Gasteiger partial charge in [-0.05, 0) is 24.0 Å². The van der Waals surface area contributed by atoms with Gasteiger partial charge in [0.25, 0.3) is 0 Å². The lowest BCUT2D eigenvalue weighted by Gasteiger charge is -2.04. The Morgan fingerprint density at radius 1 is 1.53 bits per heavy atom. The second-order valence-electron chi connectivity index (χ2n) is 3.24. The van der Waals surface area contributed by atoms with Crippen LogP contribution < -0.4 is 0 Å². The Kier molecular flexibility index (Phi) is 3.08. The Bertz CT molecular complexity index is 411. The molecule has 0 bridgehead atoms. The van der Waals surface area contributed by atoms with Crippen LogP contribution in [0.5, 0.6) is 0 Å². The number of aryl methyl sites for hydroxylation is 1. The molecular formula is C9H12N4OS. The molecule has 0 amide bonds. The fourth-order valence-corrected chi connectivity index (χ4v) is 1.82. The van der Waals surface area contributed by atoms with Crippen molar-refractivity contribution in [3.8, 4) is 0 Å². The van der Waals surface area contributed by atoms with Gasteiger partial charge in [-0.3, -0.25) is 4.68 Å². The van der Waals surface area contributed by atoms with Crippen LogP contribution >= 0.6 is 11.5 Å². The van der Waals surface area contributed by atoms with Gasteiger partial charge in [-0.1, -0.05) is 4.49 Å². The minimum atomic E-state index is -0.528. The van der Waals surface area contributed by atoms with Gasteiger partial charge < -0.3 is 5.11 Å². The molecule has 0 aliphatic rings. The van der Waals surface area contributed by atoms with Gasteiger partial charge in [-0.15, -0.1) is 5.10 Å². The summed E-state index contributed by atoms with van der Waals surface area (Å²) in [5.74, 6) is 0. The summed E-state index contributed by atoms with van der Waals surface area (Å²) in [4.78, 5) is 0.791. The number of hydrogen-bond acceptors (Lipinski definition) is 5. The highest BCUT2D eigenvalue weighted by atomic mass is 32.1. The van der Waals surface area contributed by atoms with Crippen LogP contribution in [-0.2, 0) is 13.0 Å². The third-order valence-corrected chi connectivity index (χ3v) is 2.91. The molecule has 1 atom stereocenters. The Morgan fingerprint density at radius 2 is 2.40 bits per heavy atom. The number of rotatable bonds is 4. The molecule has 0 aromatic carbocycles. The Hall–Kier alpha value is -1.27. The average Bonchev–Trinajstić information content (AvgIpc) is 2.87. The van der Waals surface area contributed by atoms with Gasteiger partial charge in [0.1, 0.15) is 0 Å². The Labute approximate surface area is 91.5 Å². The van der Waals surface area contributed by atoms with E-state index in [2.05, 4.69) is 14.7 Å². The molecule has 80 valence electrons. The predicted molar refractivity (Wildman–Crippen MR) is 56.5 cm³/mol. The number of aliphatic hydroxyl groups excluding tert-OH is 1. The van der Waals surface area contributed by atoms with Gasteiger partial charge >= 0.3 is 0 Å². The van der Waals surface area contributed by atoms with Crippen molar-refractivity contribution < 1.29 is 5.11 Å². The molecule has 1 unspecified atom stereocenters. The molecule has 0 fully saturated rings. The van der Waals surface area contributed by atoms with Crippen molar-refractivity contribution in [1.82, 2.24) is 19.4 Å². The monoisotopic (exact) mass is 224 g/mol. The summed E-state index contributed by atoms with van der Waals surface area (Å²) >= 11 is 1.22. The molecular weight excluding hydrogens is 212 g/mol. The lowest BCUT2D eigenvalue weighted by Crippen LogP contribution is -1.99. The largest absolute Gasteiger partial charge is 0.387 e. The van der Waals surface area contributed by atoms with Gasteiger partial charge in [0.2, 0.25) is 0 Å². The highest BCUT2D eigenvalue weighted by molar-refractivity contribution is 7.05. The van der Waals surface area contributed by atoms with Gasteiger partial charge in [-0.2, -0.15) is 5.10 Å². The van der Waals surface area contributed by atoms with E-state index >= 15 is 0 Å². The highest BCUT2D eigenvalue weighted by Crippen LogP contribution is 2.19. The highest BCUT2D eigenvalue weighted by Gasteiger charge is 2.11. The average molecular weight is 224 g/mol. The van der Waals surface area contributed by atoms with Gasteiger partial charge in [0.15, 0.2) is 0 Å². The van der Waals surface area contributed by atoms with Crippen molar-refractivity contribution in [3.63, 3.8) is 0 Å². The smallest absolute Gasteiger partial charge is 0.0955 e. The zero-order chi connectivity index (χ0) is 10.7. The van der Waals surface area contributed by atoms with Gasteiger partial charge in [0, 0.05) is 19.2 Å².